The molecule has 1 spiro atoms. The molecular formula is C33H45N3O5. The number of aliphatic hydroxyl groups is 1. The second-order valence-electron chi connectivity index (χ2n) is 12.4. The first-order chi connectivity index (χ1) is 19.7. The highest BCUT2D eigenvalue weighted by molar-refractivity contribution is 6.00. The van der Waals surface area contributed by atoms with Gasteiger partial charge < -0.3 is 24.5 Å². The molecular weight excluding hydrogens is 518 g/mol. The summed E-state index contributed by atoms with van der Waals surface area (Å²) in [4.78, 5) is 48.8. The summed E-state index contributed by atoms with van der Waals surface area (Å²) in [6.45, 7) is 9.60. The molecule has 1 aromatic rings. The summed E-state index contributed by atoms with van der Waals surface area (Å²) >= 11 is 0. The van der Waals surface area contributed by atoms with Gasteiger partial charge in [-0.05, 0) is 24.3 Å². The Bertz CT molecular complexity index is 1200. The molecule has 0 aliphatic carbocycles. The average Bonchev–Trinajstić information content (AvgIpc) is 3.26. The maximum absolute atomic E-state index is 14.6. The zero-order chi connectivity index (χ0) is 29.4. The number of ether oxygens (including phenoxy) is 1. The van der Waals surface area contributed by atoms with Gasteiger partial charge in [0.05, 0.1) is 30.1 Å². The van der Waals surface area contributed by atoms with Crippen LogP contribution in [0, 0.1) is 17.8 Å². The van der Waals surface area contributed by atoms with E-state index in [0.717, 1.165) is 24.8 Å². The Kier molecular flexibility index (Phi) is 8.44. The average molecular weight is 564 g/mol. The number of likely N-dealkylation sites (tertiary alicyclic amines) is 1. The standard InChI is InChI=1S/C33H45N3O5/c1-5-7-11-18-34-19-13-17-33-27(30(39)36(28(33)31(34)40)25(22-37)23(3)4)26-29(38)35(21-24-14-9-8-10-15-24)20-12-16-32(26,6-2)41-33/h8-10,12-17,23,25-28,37H,5-7,11,18-22H2,1-4H3/t25-,26-,27-,28?,32+,33-/m0/s1. The number of fused-ring (bicyclic) bond motifs is 2. The first-order valence-corrected chi connectivity index (χ1v) is 15.3. The fourth-order valence-corrected chi connectivity index (χ4v) is 7.47. The lowest BCUT2D eigenvalue weighted by Crippen LogP contribution is -2.59. The Morgan fingerprint density at radius 1 is 0.927 bits per heavy atom. The largest absolute Gasteiger partial charge is 0.394 e. The van der Waals surface area contributed by atoms with E-state index in [1.54, 1.807) is 9.80 Å². The van der Waals surface area contributed by atoms with E-state index in [-0.39, 0.29) is 30.2 Å². The Morgan fingerprint density at radius 2 is 1.63 bits per heavy atom. The van der Waals surface area contributed by atoms with Crippen LogP contribution in [0.4, 0.5) is 0 Å². The van der Waals surface area contributed by atoms with Crippen LogP contribution in [0.25, 0.3) is 0 Å². The predicted octanol–water partition coefficient (Wildman–Crippen LogP) is 3.55. The molecule has 41 heavy (non-hydrogen) atoms. The smallest absolute Gasteiger partial charge is 0.249 e. The van der Waals surface area contributed by atoms with Crippen molar-refractivity contribution in [3.63, 3.8) is 0 Å². The molecule has 0 aromatic heterocycles. The van der Waals surface area contributed by atoms with E-state index in [1.165, 1.54) is 0 Å². The van der Waals surface area contributed by atoms with Crippen LogP contribution in [-0.2, 0) is 25.7 Å². The van der Waals surface area contributed by atoms with Crippen LogP contribution in [-0.4, -0.2) is 87.1 Å². The molecule has 4 heterocycles. The van der Waals surface area contributed by atoms with E-state index < -0.39 is 35.1 Å². The first-order valence-electron chi connectivity index (χ1n) is 15.3. The fraction of sp³-hybridized carbons (Fsp3) is 0.606. The van der Waals surface area contributed by atoms with E-state index in [9.17, 15) is 19.5 Å². The highest BCUT2D eigenvalue weighted by Crippen LogP contribution is 2.59. The lowest BCUT2D eigenvalue weighted by atomic mass is 9.73. The van der Waals surface area contributed by atoms with Crippen LogP contribution in [0.5, 0.6) is 0 Å². The molecule has 1 unspecified atom stereocenters. The van der Waals surface area contributed by atoms with Gasteiger partial charge in [0.25, 0.3) is 0 Å². The number of hydrogen-bond donors (Lipinski definition) is 1. The number of amides is 3. The summed E-state index contributed by atoms with van der Waals surface area (Å²) in [5, 5.41) is 10.5. The third-order valence-corrected chi connectivity index (χ3v) is 9.61. The Morgan fingerprint density at radius 3 is 2.29 bits per heavy atom. The van der Waals surface area contributed by atoms with Crippen molar-refractivity contribution < 1.29 is 24.2 Å². The van der Waals surface area contributed by atoms with Gasteiger partial charge in [0.1, 0.15) is 11.6 Å². The lowest BCUT2D eigenvalue weighted by molar-refractivity contribution is -0.158. The molecule has 4 aliphatic heterocycles. The van der Waals surface area contributed by atoms with Gasteiger partial charge in [0.15, 0.2) is 0 Å². The van der Waals surface area contributed by atoms with Gasteiger partial charge in [-0.25, -0.2) is 0 Å². The number of nitrogens with zero attached hydrogens (tertiary/aromatic N) is 3. The Balaban J connectivity index is 1.61. The maximum Gasteiger partial charge on any atom is 0.249 e. The number of unbranched alkanes of at least 4 members (excludes halogenated alkanes) is 2. The van der Waals surface area contributed by atoms with Gasteiger partial charge in [-0.2, -0.15) is 0 Å². The molecule has 6 atom stereocenters. The Labute approximate surface area is 244 Å². The number of carbonyl (C=O) groups is 3. The van der Waals surface area contributed by atoms with Crippen molar-refractivity contribution >= 4 is 17.7 Å². The molecule has 0 radical (unpaired) electrons. The summed E-state index contributed by atoms with van der Waals surface area (Å²) < 4.78 is 7.05. The molecule has 1 N–H and O–H groups in total. The van der Waals surface area contributed by atoms with Crippen LogP contribution in [0.2, 0.25) is 0 Å². The fourth-order valence-electron chi connectivity index (χ4n) is 7.47. The quantitative estimate of drug-likeness (QED) is 0.347. The summed E-state index contributed by atoms with van der Waals surface area (Å²) in [5.74, 6) is -2.33. The summed E-state index contributed by atoms with van der Waals surface area (Å²) in [6.07, 6.45) is 11.2. The molecule has 8 nitrogen and oxygen atoms in total. The zero-order valence-electron chi connectivity index (χ0n) is 24.9. The van der Waals surface area contributed by atoms with Crippen LogP contribution in [0.1, 0.15) is 58.9 Å². The normalized spacial score (nSPS) is 31.8. The van der Waals surface area contributed by atoms with Crippen molar-refractivity contribution in [1.82, 2.24) is 14.7 Å². The molecule has 2 fully saturated rings. The number of carbonyl (C=O) groups excluding carboxylic acids is 3. The van der Waals surface area contributed by atoms with Gasteiger partial charge in [-0.3, -0.25) is 14.4 Å². The third kappa shape index (κ3) is 4.83. The molecule has 2 saturated heterocycles. The van der Waals surface area contributed by atoms with Crippen molar-refractivity contribution in [2.45, 2.75) is 83.2 Å². The number of benzene rings is 1. The van der Waals surface area contributed by atoms with Crippen molar-refractivity contribution in [2.75, 3.05) is 26.2 Å². The molecule has 222 valence electrons. The molecule has 5 rings (SSSR count). The van der Waals surface area contributed by atoms with Crippen LogP contribution in [0.3, 0.4) is 0 Å². The SMILES string of the molecule is CCCCCN1CC=C[C@]23O[C@]4(CC)C=CCN(Cc5ccccc5)C(=O)[C@@H]4[C@H]2C(=O)N([C@@H](CO)C(C)C)C3C1=O. The molecule has 0 saturated carbocycles. The zero-order valence-corrected chi connectivity index (χ0v) is 24.9. The van der Waals surface area contributed by atoms with Crippen LogP contribution < -0.4 is 0 Å². The second kappa shape index (κ2) is 11.7. The lowest BCUT2D eigenvalue weighted by Gasteiger charge is -2.41. The monoisotopic (exact) mass is 563 g/mol. The van der Waals surface area contributed by atoms with E-state index in [1.807, 2.05) is 80.3 Å². The molecule has 8 heteroatoms. The van der Waals surface area contributed by atoms with Crippen molar-refractivity contribution in [1.29, 1.82) is 0 Å². The highest BCUT2D eigenvalue weighted by atomic mass is 16.5. The van der Waals surface area contributed by atoms with Crippen LogP contribution >= 0.6 is 0 Å². The van der Waals surface area contributed by atoms with Gasteiger partial charge in [-0.15, -0.1) is 0 Å². The topological polar surface area (TPSA) is 90.4 Å². The van der Waals surface area contributed by atoms with E-state index in [0.29, 0.717) is 32.6 Å². The summed E-state index contributed by atoms with van der Waals surface area (Å²) in [5.41, 5.74) is -1.30. The summed E-state index contributed by atoms with van der Waals surface area (Å²) in [7, 11) is 0. The van der Waals surface area contributed by atoms with Gasteiger partial charge in [0.2, 0.25) is 17.7 Å². The number of hydrogen-bond acceptors (Lipinski definition) is 5. The first kappa shape index (κ1) is 29.5. The van der Waals surface area contributed by atoms with Gasteiger partial charge in [0, 0.05) is 26.2 Å². The predicted molar refractivity (Wildman–Crippen MR) is 156 cm³/mol. The van der Waals surface area contributed by atoms with Gasteiger partial charge in [-0.1, -0.05) is 95.2 Å². The Hall–Kier alpha value is -2.97. The van der Waals surface area contributed by atoms with Crippen molar-refractivity contribution in [3.8, 4) is 0 Å². The third-order valence-electron chi connectivity index (χ3n) is 9.61. The minimum Gasteiger partial charge on any atom is -0.394 e. The highest BCUT2D eigenvalue weighted by Gasteiger charge is 2.76. The van der Waals surface area contributed by atoms with E-state index in [2.05, 4.69) is 6.92 Å². The van der Waals surface area contributed by atoms with Gasteiger partial charge >= 0.3 is 0 Å². The van der Waals surface area contributed by atoms with Crippen molar-refractivity contribution in [3.05, 3.63) is 60.2 Å². The molecule has 3 amide bonds. The molecule has 1 aromatic carbocycles. The van der Waals surface area contributed by atoms with E-state index in [4.69, 9.17) is 4.74 Å². The minimum atomic E-state index is -1.30. The number of rotatable bonds is 10. The van der Waals surface area contributed by atoms with E-state index >= 15 is 0 Å². The molecule has 0 bridgehead atoms. The minimum absolute atomic E-state index is 0.0938. The number of aliphatic hydroxyl groups excluding tert-OH is 1. The van der Waals surface area contributed by atoms with Crippen molar-refractivity contribution in [2.24, 2.45) is 17.8 Å². The maximum atomic E-state index is 14.6. The van der Waals surface area contributed by atoms with Crippen LogP contribution in [0.15, 0.2) is 54.6 Å². The second-order valence-corrected chi connectivity index (χ2v) is 12.4. The molecule has 4 aliphatic rings. The summed E-state index contributed by atoms with van der Waals surface area (Å²) in [6, 6.07) is 8.33.